The van der Waals surface area contributed by atoms with Crippen molar-refractivity contribution in [3.63, 3.8) is 0 Å². The van der Waals surface area contributed by atoms with Crippen LogP contribution in [0.2, 0.25) is 0 Å². The van der Waals surface area contributed by atoms with Gasteiger partial charge in [-0.25, -0.2) is 4.98 Å². The van der Waals surface area contributed by atoms with Crippen LogP contribution in [-0.2, 0) is 6.54 Å². The first-order chi connectivity index (χ1) is 9.85. The van der Waals surface area contributed by atoms with E-state index in [1.165, 1.54) is 31.6 Å². The minimum Gasteiger partial charge on any atom is -0.317 e. The molecule has 0 spiro atoms. The number of likely N-dealkylation sites (tertiary alicyclic amines) is 1. The van der Waals surface area contributed by atoms with E-state index >= 15 is 0 Å². The Kier molecular flexibility index (Phi) is 4.33. The molecule has 3 rings (SSSR count). The van der Waals surface area contributed by atoms with Gasteiger partial charge in [0.25, 0.3) is 0 Å². The minimum atomic E-state index is 0.792. The third-order valence-corrected chi connectivity index (χ3v) is 4.09. The maximum Gasteiger partial charge on any atom is 0.137 e. The Morgan fingerprint density at radius 2 is 2.35 bits per heavy atom. The molecule has 108 valence electrons. The van der Waals surface area contributed by atoms with Crippen LogP contribution in [0.15, 0.2) is 30.6 Å². The number of fused-ring (bicyclic) bond motifs is 1. The van der Waals surface area contributed by atoms with Crippen molar-refractivity contribution in [2.75, 3.05) is 26.2 Å². The first kappa shape index (κ1) is 13.6. The van der Waals surface area contributed by atoms with Crippen LogP contribution in [-0.4, -0.2) is 40.5 Å². The molecule has 1 aliphatic rings. The van der Waals surface area contributed by atoms with E-state index in [-0.39, 0.29) is 0 Å². The summed E-state index contributed by atoms with van der Waals surface area (Å²) in [6, 6.07) is 6.15. The van der Waals surface area contributed by atoms with Crippen molar-refractivity contribution < 1.29 is 0 Å². The molecule has 0 radical (unpaired) electrons. The lowest BCUT2D eigenvalue weighted by Gasteiger charge is -2.32. The second kappa shape index (κ2) is 6.37. The molecule has 4 heteroatoms. The molecule has 2 aromatic rings. The van der Waals surface area contributed by atoms with Crippen LogP contribution in [0.4, 0.5) is 0 Å². The first-order valence-electron chi connectivity index (χ1n) is 7.71. The standard InChI is InChI=1S/C16H24N4/c1-2-17-10-14-6-5-8-19(11-14)12-15-13-20-9-4-3-7-16(20)18-15/h3-4,7,9,13-14,17H,2,5-6,8,10-12H2,1H3. The Morgan fingerprint density at radius 3 is 3.20 bits per heavy atom. The van der Waals surface area contributed by atoms with E-state index in [0.717, 1.165) is 31.2 Å². The maximum absolute atomic E-state index is 4.70. The number of nitrogens with zero attached hydrogens (tertiary/aromatic N) is 3. The SMILES string of the molecule is CCNCC1CCCN(Cc2cn3ccccc3n2)C1. The molecule has 1 N–H and O–H groups in total. The Hall–Kier alpha value is -1.39. The molecule has 1 saturated heterocycles. The van der Waals surface area contributed by atoms with E-state index in [1.54, 1.807) is 0 Å². The van der Waals surface area contributed by atoms with Crippen molar-refractivity contribution in [3.8, 4) is 0 Å². The second-order valence-corrected chi connectivity index (χ2v) is 5.75. The summed E-state index contributed by atoms with van der Waals surface area (Å²) in [5.41, 5.74) is 2.23. The lowest BCUT2D eigenvalue weighted by molar-refractivity contribution is 0.164. The van der Waals surface area contributed by atoms with Gasteiger partial charge in [0.05, 0.1) is 5.69 Å². The zero-order chi connectivity index (χ0) is 13.8. The summed E-state index contributed by atoms with van der Waals surface area (Å²) in [5, 5.41) is 3.48. The van der Waals surface area contributed by atoms with E-state index in [1.807, 2.05) is 12.1 Å². The molecule has 3 heterocycles. The van der Waals surface area contributed by atoms with Crippen LogP contribution < -0.4 is 5.32 Å². The average Bonchev–Trinajstić information content (AvgIpc) is 2.87. The highest BCUT2D eigenvalue weighted by molar-refractivity contribution is 5.39. The normalized spacial score (nSPS) is 20.6. The largest absolute Gasteiger partial charge is 0.317 e. The summed E-state index contributed by atoms with van der Waals surface area (Å²) in [6.07, 6.45) is 6.89. The summed E-state index contributed by atoms with van der Waals surface area (Å²) >= 11 is 0. The van der Waals surface area contributed by atoms with Gasteiger partial charge in [-0.15, -0.1) is 0 Å². The summed E-state index contributed by atoms with van der Waals surface area (Å²) in [5.74, 6) is 0.792. The average molecular weight is 272 g/mol. The van der Waals surface area contributed by atoms with Crippen molar-refractivity contribution in [1.82, 2.24) is 19.6 Å². The highest BCUT2D eigenvalue weighted by Crippen LogP contribution is 2.18. The summed E-state index contributed by atoms with van der Waals surface area (Å²) in [4.78, 5) is 7.25. The summed E-state index contributed by atoms with van der Waals surface area (Å²) in [6.45, 7) is 7.78. The molecule has 4 nitrogen and oxygen atoms in total. The zero-order valence-electron chi connectivity index (χ0n) is 12.3. The van der Waals surface area contributed by atoms with Crippen LogP contribution in [0.3, 0.4) is 0 Å². The lowest BCUT2D eigenvalue weighted by atomic mass is 9.98. The zero-order valence-corrected chi connectivity index (χ0v) is 12.3. The Balaban J connectivity index is 1.61. The molecule has 0 bridgehead atoms. The predicted octanol–water partition coefficient (Wildman–Crippen LogP) is 2.16. The van der Waals surface area contributed by atoms with Crippen molar-refractivity contribution >= 4 is 5.65 Å². The molecule has 20 heavy (non-hydrogen) atoms. The Labute approximate surface area is 120 Å². The quantitative estimate of drug-likeness (QED) is 0.905. The molecule has 0 saturated carbocycles. The van der Waals surface area contributed by atoms with Crippen LogP contribution in [0.25, 0.3) is 5.65 Å². The van der Waals surface area contributed by atoms with E-state index in [2.05, 4.69) is 40.0 Å². The van der Waals surface area contributed by atoms with Gasteiger partial charge in [-0.1, -0.05) is 13.0 Å². The fraction of sp³-hybridized carbons (Fsp3) is 0.562. The highest BCUT2D eigenvalue weighted by atomic mass is 15.2. The fourth-order valence-electron chi connectivity index (χ4n) is 3.10. The molecular formula is C16H24N4. The van der Waals surface area contributed by atoms with Crippen molar-refractivity contribution in [3.05, 3.63) is 36.3 Å². The number of hydrogen-bond donors (Lipinski definition) is 1. The number of rotatable bonds is 5. The molecule has 0 amide bonds. The van der Waals surface area contributed by atoms with E-state index in [9.17, 15) is 0 Å². The number of hydrogen-bond acceptors (Lipinski definition) is 3. The third kappa shape index (κ3) is 3.19. The summed E-state index contributed by atoms with van der Waals surface area (Å²) in [7, 11) is 0. The summed E-state index contributed by atoms with van der Waals surface area (Å²) < 4.78 is 2.11. The van der Waals surface area contributed by atoms with E-state index in [0.29, 0.717) is 0 Å². The van der Waals surface area contributed by atoms with Crippen LogP contribution >= 0.6 is 0 Å². The molecule has 1 aliphatic heterocycles. The number of pyridine rings is 1. The van der Waals surface area contributed by atoms with Gasteiger partial charge in [-0.3, -0.25) is 4.90 Å². The van der Waals surface area contributed by atoms with Crippen LogP contribution in [0, 0.1) is 5.92 Å². The molecule has 0 aromatic carbocycles. The van der Waals surface area contributed by atoms with Crippen LogP contribution in [0.5, 0.6) is 0 Å². The van der Waals surface area contributed by atoms with Gasteiger partial charge in [0.15, 0.2) is 0 Å². The first-order valence-corrected chi connectivity index (χ1v) is 7.71. The highest BCUT2D eigenvalue weighted by Gasteiger charge is 2.20. The molecule has 1 atom stereocenters. The smallest absolute Gasteiger partial charge is 0.137 e. The Morgan fingerprint density at radius 1 is 1.40 bits per heavy atom. The molecule has 1 fully saturated rings. The van der Waals surface area contributed by atoms with Crippen molar-refractivity contribution in [1.29, 1.82) is 0 Å². The number of piperidine rings is 1. The number of imidazole rings is 1. The van der Waals surface area contributed by atoms with Gasteiger partial charge in [0, 0.05) is 25.5 Å². The second-order valence-electron chi connectivity index (χ2n) is 5.75. The van der Waals surface area contributed by atoms with Crippen molar-refractivity contribution in [2.24, 2.45) is 5.92 Å². The molecule has 1 unspecified atom stereocenters. The monoisotopic (exact) mass is 272 g/mol. The predicted molar refractivity (Wildman–Crippen MR) is 81.7 cm³/mol. The van der Waals surface area contributed by atoms with Gasteiger partial charge >= 0.3 is 0 Å². The maximum atomic E-state index is 4.70. The molecule has 2 aromatic heterocycles. The van der Waals surface area contributed by atoms with Gasteiger partial charge in [0.2, 0.25) is 0 Å². The minimum absolute atomic E-state index is 0.792. The number of aromatic nitrogens is 2. The number of nitrogens with one attached hydrogen (secondary N) is 1. The van der Waals surface area contributed by atoms with Crippen LogP contribution in [0.1, 0.15) is 25.5 Å². The lowest BCUT2D eigenvalue weighted by Crippen LogP contribution is -2.39. The third-order valence-electron chi connectivity index (χ3n) is 4.09. The van der Waals surface area contributed by atoms with E-state index < -0.39 is 0 Å². The van der Waals surface area contributed by atoms with Crippen molar-refractivity contribution in [2.45, 2.75) is 26.3 Å². The molecule has 0 aliphatic carbocycles. The van der Waals surface area contributed by atoms with Gasteiger partial charge < -0.3 is 9.72 Å². The fourth-order valence-corrected chi connectivity index (χ4v) is 3.10. The van der Waals surface area contributed by atoms with E-state index in [4.69, 9.17) is 4.98 Å². The van der Waals surface area contributed by atoms with Gasteiger partial charge in [-0.05, 0) is 50.5 Å². The van der Waals surface area contributed by atoms with Gasteiger partial charge in [-0.2, -0.15) is 0 Å². The topological polar surface area (TPSA) is 32.6 Å². The Bertz CT molecular complexity index is 515. The van der Waals surface area contributed by atoms with Gasteiger partial charge in [0.1, 0.15) is 5.65 Å². The molecular weight excluding hydrogens is 248 g/mol.